The van der Waals surface area contributed by atoms with Gasteiger partial charge in [0.15, 0.2) is 0 Å². The quantitative estimate of drug-likeness (QED) is 0.321. The molecule has 2 heterocycles. The van der Waals surface area contributed by atoms with Gasteiger partial charge in [-0.15, -0.1) is 0 Å². The van der Waals surface area contributed by atoms with E-state index in [1.54, 1.807) is 53.2 Å². The number of ether oxygens (including phenoxy) is 1. The molecule has 0 saturated carbocycles. The van der Waals surface area contributed by atoms with Gasteiger partial charge < -0.3 is 20.1 Å². The van der Waals surface area contributed by atoms with Gasteiger partial charge in [-0.05, 0) is 55.6 Å². The zero-order valence-corrected chi connectivity index (χ0v) is 20.3. The van der Waals surface area contributed by atoms with Gasteiger partial charge in [-0.25, -0.2) is 19.5 Å². The number of carbonyl (C=O) groups is 2. The third kappa shape index (κ3) is 5.64. The number of amides is 2. The van der Waals surface area contributed by atoms with E-state index in [1.165, 1.54) is 6.20 Å². The molecule has 36 heavy (non-hydrogen) atoms. The van der Waals surface area contributed by atoms with E-state index >= 15 is 0 Å². The molecule has 9 nitrogen and oxygen atoms in total. The van der Waals surface area contributed by atoms with Crippen LogP contribution < -0.4 is 15.0 Å². The van der Waals surface area contributed by atoms with E-state index in [2.05, 4.69) is 29.0 Å². The second-order valence-corrected chi connectivity index (χ2v) is 8.07. The topological polar surface area (TPSA) is 99.9 Å². The lowest BCUT2D eigenvalue weighted by atomic mass is 10.2. The van der Waals surface area contributed by atoms with E-state index in [4.69, 9.17) is 4.74 Å². The van der Waals surface area contributed by atoms with Gasteiger partial charge in [0, 0.05) is 36.9 Å². The zero-order chi connectivity index (χ0) is 25.5. The van der Waals surface area contributed by atoms with Crippen molar-refractivity contribution in [3.63, 3.8) is 0 Å². The highest BCUT2D eigenvalue weighted by atomic mass is 16.5. The van der Waals surface area contributed by atoms with Gasteiger partial charge in [0.05, 0.1) is 11.2 Å². The molecule has 0 atom stereocenters. The highest BCUT2D eigenvalue weighted by molar-refractivity contribution is 5.94. The fourth-order valence-corrected chi connectivity index (χ4v) is 3.95. The second kappa shape index (κ2) is 11.4. The van der Waals surface area contributed by atoms with Crippen LogP contribution in [-0.4, -0.2) is 57.9 Å². The van der Waals surface area contributed by atoms with Crippen molar-refractivity contribution in [2.24, 2.45) is 0 Å². The summed E-state index contributed by atoms with van der Waals surface area (Å²) in [5.41, 5.74) is 1.24. The first-order valence-electron chi connectivity index (χ1n) is 11.8. The molecule has 2 N–H and O–H groups in total. The first-order valence-corrected chi connectivity index (χ1v) is 11.8. The lowest BCUT2D eigenvalue weighted by Gasteiger charge is -2.18. The first kappa shape index (κ1) is 24.7. The maximum Gasteiger partial charge on any atom is 0.417 e. The molecule has 0 fully saturated rings. The molecule has 4 rings (SSSR count). The molecule has 0 aliphatic heterocycles. The van der Waals surface area contributed by atoms with Crippen molar-refractivity contribution >= 4 is 34.5 Å². The van der Waals surface area contributed by atoms with Gasteiger partial charge in [0.2, 0.25) is 0 Å². The summed E-state index contributed by atoms with van der Waals surface area (Å²) in [6.07, 6.45) is 2.08. The summed E-state index contributed by atoms with van der Waals surface area (Å²) < 4.78 is 7.58. The number of pyridine rings is 1. The molecular formula is C27H29N5O4. The highest BCUT2D eigenvalue weighted by Crippen LogP contribution is 2.30. The number of aromatic nitrogens is 2. The van der Waals surface area contributed by atoms with Crippen LogP contribution in [0, 0.1) is 0 Å². The maximum absolute atomic E-state index is 12.7. The molecule has 4 aromatic rings. The third-order valence-corrected chi connectivity index (χ3v) is 5.87. The number of nitrogens with one attached hydrogen (secondary N) is 1. The number of hydrogen-bond acceptors (Lipinski definition) is 5. The number of nitrogens with zero attached hydrogens (tertiary/aromatic N) is 4. The smallest absolute Gasteiger partial charge is 0.417 e. The monoisotopic (exact) mass is 487 g/mol. The minimum atomic E-state index is -1.15. The fraction of sp³-hybridized carbons (Fsp3) is 0.222. The Morgan fingerprint density at radius 2 is 1.75 bits per heavy atom. The van der Waals surface area contributed by atoms with E-state index in [1.807, 2.05) is 24.3 Å². The van der Waals surface area contributed by atoms with E-state index in [0.717, 1.165) is 35.4 Å². The molecule has 9 heteroatoms. The fourth-order valence-electron chi connectivity index (χ4n) is 3.95. The van der Waals surface area contributed by atoms with Crippen LogP contribution in [0.4, 0.5) is 21.1 Å². The van der Waals surface area contributed by atoms with Crippen LogP contribution in [0.15, 0.2) is 79.1 Å². The summed E-state index contributed by atoms with van der Waals surface area (Å²) >= 11 is 0. The molecule has 0 spiro atoms. The largest absolute Gasteiger partial charge is 0.464 e. The van der Waals surface area contributed by atoms with Gasteiger partial charge >= 0.3 is 12.1 Å². The Labute approximate surface area is 209 Å². The normalized spacial score (nSPS) is 11.0. The number of fused-ring (bicyclic) bond motifs is 1. The molecule has 2 aromatic carbocycles. The minimum Gasteiger partial charge on any atom is -0.464 e. The van der Waals surface area contributed by atoms with Crippen molar-refractivity contribution in [2.75, 3.05) is 31.1 Å². The predicted octanol–water partition coefficient (Wildman–Crippen LogP) is 5.54. The van der Waals surface area contributed by atoms with Crippen molar-refractivity contribution < 1.29 is 19.4 Å². The van der Waals surface area contributed by atoms with Crippen LogP contribution in [0.2, 0.25) is 0 Å². The molecular weight excluding hydrogens is 458 g/mol. The van der Waals surface area contributed by atoms with Crippen LogP contribution in [0.1, 0.15) is 13.8 Å². The van der Waals surface area contributed by atoms with Crippen molar-refractivity contribution in [2.45, 2.75) is 13.8 Å². The number of carboxylic acid groups (broad SMARTS) is 1. The lowest BCUT2D eigenvalue weighted by Crippen LogP contribution is -2.36. The van der Waals surface area contributed by atoms with E-state index < -0.39 is 6.09 Å². The molecule has 186 valence electrons. The Hall–Kier alpha value is -4.37. The van der Waals surface area contributed by atoms with Crippen LogP contribution in [0.25, 0.3) is 10.9 Å². The van der Waals surface area contributed by atoms with Crippen molar-refractivity contribution in [3.8, 4) is 11.5 Å². The molecule has 0 radical (unpaired) electrons. The molecule has 0 unspecified atom stereocenters. The SMILES string of the molecule is CCN(CC)CCNC(=O)n1ccc2cc(Oc3ccnc(N(C(=O)O)c4ccccc4)c3)ccc21. The Morgan fingerprint density at radius 1 is 1.00 bits per heavy atom. The van der Waals surface area contributed by atoms with Gasteiger partial charge in [-0.2, -0.15) is 0 Å². The number of para-hydroxylation sites is 1. The molecule has 2 amide bonds. The Balaban J connectivity index is 1.49. The summed E-state index contributed by atoms with van der Waals surface area (Å²) in [5.74, 6) is 1.22. The van der Waals surface area contributed by atoms with Crippen LogP contribution in [-0.2, 0) is 0 Å². The summed E-state index contributed by atoms with van der Waals surface area (Å²) in [7, 11) is 0. The van der Waals surface area contributed by atoms with E-state index in [0.29, 0.717) is 23.7 Å². The number of hydrogen-bond donors (Lipinski definition) is 2. The van der Waals surface area contributed by atoms with Crippen molar-refractivity contribution in [3.05, 3.63) is 79.1 Å². The average Bonchev–Trinajstić information content (AvgIpc) is 3.31. The van der Waals surface area contributed by atoms with Crippen LogP contribution in [0.5, 0.6) is 11.5 Å². The summed E-state index contributed by atoms with van der Waals surface area (Å²) in [6, 6.07) is 19.1. The minimum absolute atomic E-state index is 0.181. The van der Waals surface area contributed by atoms with Crippen LogP contribution in [0.3, 0.4) is 0 Å². The summed E-state index contributed by atoms with van der Waals surface area (Å²) in [4.78, 5) is 32.1. The Bertz CT molecular complexity index is 1330. The van der Waals surface area contributed by atoms with E-state index in [-0.39, 0.29) is 11.8 Å². The van der Waals surface area contributed by atoms with Gasteiger partial charge in [-0.3, -0.25) is 4.57 Å². The average molecular weight is 488 g/mol. The summed E-state index contributed by atoms with van der Waals surface area (Å²) in [5, 5.41) is 13.5. The van der Waals surface area contributed by atoms with Crippen molar-refractivity contribution in [1.82, 2.24) is 19.8 Å². The first-order chi connectivity index (χ1) is 17.5. The molecule has 0 saturated heterocycles. The second-order valence-electron chi connectivity index (χ2n) is 8.07. The number of likely N-dealkylation sites (N-methyl/N-ethyl adjacent to an activating group) is 1. The molecule has 2 aromatic heterocycles. The maximum atomic E-state index is 12.7. The standard InChI is InChI=1S/C27H29N5O4/c1-3-30(4-2)17-15-29-26(33)31-16-13-20-18-22(10-11-24(20)31)36-23-12-14-28-25(19-23)32(27(34)35)21-8-6-5-7-9-21/h5-14,16,18-19H,3-4,15,17H2,1-2H3,(H,29,33)(H,34,35). The zero-order valence-electron chi connectivity index (χ0n) is 20.3. The van der Waals surface area contributed by atoms with Gasteiger partial charge in [0.25, 0.3) is 0 Å². The predicted molar refractivity (Wildman–Crippen MR) is 139 cm³/mol. The molecule has 0 bridgehead atoms. The molecule has 0 aliphatic carbocycles. The number of anilines is 2. The Kier molecular flexibility index (Phi) is 7.82. The lowest BCUT2D eigenvalue weighted by molar-refractivity contribution is 0.204. The van der Waals surface area contributed by atoms with Gasteiger partial charge in [-0.1, -0.05) is 32.0 Å². The summed E-state index contributed by atoms with van der Waals surface area (Å²) in [6.45, 7) is 7.46. The third-order valence-electron chi connectivity index (χ3n) is 5.87. The Morgan fingerprint density at radius 3 is 2.47 bits per heavy atom. The highest BCUT2D eigenvalue weighted by Gasteiger charge is 2.19. The van der Waals surface area contributed by atoms with Gasteiger partial charge in [0.1, 0.15) is 17.3 Å². The molecule has 0 aliphatic rings. The van der Waals surface area contributed by atoms with E-state index in [9.17, 15) is 14.7 Å². The number of carbonyl (C=O) groups excluding carboxylic acids is 1. The number of benzene rings is 2. The number of rotatable bonds is 9. The van der Waals surface area contributed by atoms with Crippen LogP contribution >= 0.6 is 0 Å². The van der Waals surface area contributed by atoms with Crippen molar-refractivity contribution in [1.29, 1.82) is 0 Å².